The number of aromatic nitrogens is 2. The average molecular weight is 278 g/mol. The van der Waals surface area contributed by atoms with E-state index in [0.29, 0.717) is 5.52 Å². The third-order valence-electron chi connectivity index (χ3n) is 3.08. The van der Waals surface area contributed by atoms with Gasteiger partial charge in [0.2, 0.25) is 0 Å². The van der Waals surface area contributed by atoms with Gasteiger partial charge < -0.3 is 9.67 Å². The standard InChI is InChI=1S/C14H18N2O2S/c1-3-5-12-15-13-10(14(17)18)6-4-7-11(13)16(12)8-9-19-2/h4,6-7H,3,5,8-9H2,1-2H3,(H,17,18). The van der Waals surface area contributed by atoms with Crippen LogP contribution >= 0.6 is 11.8 Å². The number of imidazole rings is 1. The van der Waals surface area contributed by atoms with Gasteiger partial charge in [-0.1, -0.05) is 13.0 Å². The fraction of sp³-hybridized carbons (Fsp3) is 0.429. The topological polar surface area (TPSA) is 55.1 Å². The van der Waals surface area contributed by atoms with E-state index in [1.165, 1.54) is 0 Å². The predicted octanol–water partition coefficient (Wildman–Crippen LogP) is 3.05. The molecule has 0 radical (unpaired) electrons. The highest BCUT2D eigenvalue weighted by atomic mass is 32.2. The van der Waals surface area contributed by atoms with Crippen LogP contribution in [0.25, 0.3) is 11.0 Å². The third-order valence-corrected chi connectivity index (χ3v) is 3.67. The van der Waals surface area contributed by atoms with Crippen LogP contribution in [0.3, 0.4) is 0 Å². The highest BCUT2D eigenvalue weighted by Crippen LogP contribution is 2.21. The first-order chi connectivity index (χ1) is 9.19. The van der Waals surface area contributed by atoms with Crippen molar-refractivity contribution in [1.29, 1.82) is 0 Å². The van der Waals surface area contributed by atoms with Crippen molar-refractivity contribution < 1.29 is 9.90 Å². The minimum atomic E-state index is -0.914. The van der Waals surface area contributed by atoms with Crippen molar-refractivity contribution in [2.45, 2.75) is 26.3 Å². The summed E-state index contributed by atoms with van der Waals surface area (Å²) in [6, 6.07) is 5.36. The Morgan fingerprint density at radius 2 is 2.26 bits per heavy atom. The molecule has 0 unspecified atom stereocenters. The van der Waals surface area contributed by atoms with E-state index in [1.807, 2.05) is 6.07 Å². The summed E-state index contributed by atoms with van der Waals surface area (Å²) in [5, 5.41) is 9.24. The molecule has 0 atom stereocenters. The van der Waals surface area contributed by atoms with Gasteiger partial charge >= 0.3 is 5.97 Å². The molecule has 19 heavy (non-hydrogen) atoms. The molecular weight excluding hydrogens is 260 g/mol. The molecule has 0 bridgehead atoms. The molecule has 1 N–H and O–H groups in total. The molecule has 102 valence electrons. The van der Waals surface area contributed by atoms with E-state index >= 15 is 0 Å². The molecular formula is C14H18N2O2S. The van der Waals surface area contributed by atoms with E-state index < -0.39 is 5.97 Å². The highest BCUT2D eigenvalue weighted by Gasteiger charge is 2.16. The summed E-state index contributed by atoms with van der Waals surface area (Å²) in [5.74, 6) is 1.07. The van der Waals surface area contributed by atoms with Crippen LogP contribution < -0.4 is 0 Å². The number of benzene rings is 1. The Bertz CT molecular complexity index is 592. The molecule has 2 rings (SSSR count). The van der Waals surface area contributed by atoms with E-state index in [1.54, 1.807) is 23.9 Å². The zero-order valence-corrected chi connectivity index (χ0v) is 12.0. The summed E-state index contributed by atoms with van der Waals surface area (Å²) in [4.78, 5) is 15.8. The summed E-state index contributed by atoms with van der Waals surface area (Å²) in [7, 11) is 0. The first-order valence-corrected chi connectivity index (χ1v) is 7.78. The summed E-state index contributed by atoms with van der Waals surface area (Å²) in [6.07, 6.45) is 3.95. The molecule has 4 nitrogen and oxygen atoms in total. The minimum absolute atomic E-state index is 0.290. The number of thioether (sulfide) groups is 1. The molecule has 0 aliphatic rings. The number of nitrogens with zero attached hydrogens (tertiary/aromatic N) is 2. The fourth-order valence-corrected chi connectivity index (χ4v) is 2.58. The van der Waals surface area contributed by atoms with E-state index in [0.717, 1.165) is 36.5 Å². The maximum Gasteiger partial charge on any atom is 0.337 e. The maximum atomic E-state index is 11.3. The molecule has 2 aromatic rings. The van der Waals surface area contributed by atoms with Gasteiger partial charge in [-0.2, -0.15) is 11.8 Å². The Morgan fingerprint density at radius 3 is 2.89 bits per heavy atom. The lowest BCUT2D eigenvalue weighted by Gasteiger charge is -2.07. The number of carboxylic acids is 1. The van der Waals surface area contributed by atoms with Crippen molar-refractivity contribution in [3.63, 3.8) is 0 Å². The molecule has 1 aromatic carbocycles. The van der Waals surface area contributed by atoms with Crippen LogP contribution in [0.2, 0.25) is 0 Å². The lowest BCUT2D eigenvalue weighted by Crippen LogP contribution is -2.05. The van der Waals surface area contributed by atoms with Crippen LogP contribution in [0, 0.1) is 0 Å². The third kappa shape index (κ3) is 2.76. The van der Waals surface area contributed by atoms with Gasteiger partial charge in [-0.15, -0.1) is 0 Å². The Morgan fingerprint density at radius 1 is 1.47 bits per heavy atom. The highest BCUT2D eigenvalue weighted by molar-refractivity contribution is 7.98. The number of aryl methyl sites for hydroxylation is 2. The van der Waals surface area contributed by atoms with Crippen molar-refractivity contribution in [3.8, 4) is 0 Å². The smallest absolute Gasteiger partial charge is 0.337 e. The lowest BCUT2D eigenvalue weighted by molar-refractivity contribution is 0.0699. The van der Waals surface area contributed by atoms with Crippen molar-refractivity contribution in [2.75, 3.05) is 12.0 Å². The predicted molar refractivity (Wildman–Crippen MR) is 79.1 cm³/mol. The fourth-order valence-electron chi connectivity index (χ4n) is 2.21. The van der Waals surface area contributed by atoms with Gasteiger partial charge in [0.25, 0.3) is 0 Å². The van der Waals surface area contributed by atoms with Gasteiger partial charge in [-0.3, -0.25) is 0 Å². The largest absolute Gasteiger partial charge is 0.478 e. The van der Waals surface area contributed by atoms with Crippen LogP contribution in [-0.4, -0.2) is 32.6 Å². The first kappa shape index (κ1) is 13.9. The Labute approximate surface area is 116 Å². The molecule has 0 aliphatic carbocycles. The molecule has 0 saturated heterocycles. The zero-order chi connectivity index (χ0) is 13.8. The molecule has 0 aliphatic heterocycles. The van der Waals surface area contributed by atoms with Gasteiger partial charge in [0.1, 0.15) is 11.3 Å². The van der Waals surface area contributed by atoms with E-state index in [9.17, 15) is 9.90 Å². The minimum Gasteiger partial charge on any atom is -0.478 e. The SMILES string of the molecule is CCCc1nc2c(C(=O)O)cccc2n1CCSC. The lowest BCUT2D eigenvalue weighted by atomic mass is 10.2. The monoisotopic (exact) mass is 278 g/mol. The first-order valence-electron chi connectivity index (χ1n) is 6.39. The van der Waals surface area contributed by atoms with Gasteiger partial charge in [0, 0.05) is 18.7 Å². The summed E-state index contributed by atoms with van der Waals surface area (Å²) in [6.45, 7) is 2.98. The second-order valence-corrected chi connectivity index (χ2v) is 5.39. The van der Waals surface area contributed by atoms with Gasteiger partial charge in [-0.25, -0.2) is 9.78 Å². The van der Waals surface area contributed by atoms with Crippen molar-refractivity contribution in [1.82, 2.24) is 9.55 Å². The molecule has 0 spiro atoms. The van der Waals surface area contributed by atoms with Gasteiger partial charge in [-0.05, 0) is 24.8 Å². The number of carboxylic acid groups (broad SMARTS) is 1. The van der Waals surface area contributed by atoms with Crippen LogP contribution in [0.4, 0.5) is 0 Å². The van der Waals surface area contributed by atoms with Gasteiger partial charge in [0.05, 0.1) is 11.1 Å². The van der Waals surface area contributed by atoms with Gasteiger partial charge in [0.15, 0.2) is 0 Å². The van der Waals surface area contributed by atoms with Crippen LogP contribution in [0.15, 0.2) is 18.2 Å². The van der Waals surface area contributed by atoms with Crippen molar-refractivity contribution in [3.05, 3.63) is 29.6 Å². The van der Waals surface area contributed by atoms with E-state index in [-0.39, 0.29) is 5.56 Å². The van der Waals surface area contributed by atoms with Crippen LogP contribution in [0.1, 0.15) is 29.5 Å². The molecule has 0 amide bonds. The number of rotatable bonds is 6. The molecule has 0 saturated carbocycles. The number of hydrogen-bond acceptors (Lipinski definition) is 3. The second-order valence-electron chi connectivity index (χ2n) is 4.40. The summed E-state index contributed by atoms with van der Waals surface area (Å²) >= 11 is 1.78. The van der Waals surface area contributed by atoms with Crippen molar-refractivity contribution >= 4 is 28.8 Å². The van der Waals surface area contributed by atoms with Crippen molar-refractivity contribution in [2.24, 2.45) is 0 Å². The Hall–Kier alpha value is -1.49. The quantitative estimate of drug-likeness (QED) is 0.882. The number of para-hydroxylation sites is 1. The number of fused-ring (bicyclic) bond motifs is 1. The second kappa shape index (κ2) is 6.10. The van der Waals surface area contributed by atoms with E-state index in [2.05, 4.69) is 22.7 Å². The molecule has 1 aromatic heterocycles. The summed E-state index contributed by atoms with van der Waals surface area (Å²) in [5.41, 5.74) is 1.83. The van der Waals surface area contributed by atoms with Crippen LogP contribution in [-0.2, 0) is 13.0 Å². The molecule has 1 heterocycles. The molecule has 0 fully saturated rings. The maximum absolute atomic E-state index is 11.3. The molecule has 5 heteroatoms. The number of carbonyl (C=O) groups is 1. The zero-order valence-electron chi connectivity index (χ0n) is 11.2. The van der Waals surface area contributed by atoms with Crippen LogP contribution in [0.5, 0.6) is 0 Å². The summed E-state index contributed by atoms with van der Waals surface area (Å²) < 4.78 is 2.15. The number of hydrogen-bond donors (Lipinski definition) is 1. The van der Waals surface area contributed by atoms with E-state index in [4.69, 9.17) is 0 Å². The normalized spacial score (nSPS) is 11.1. The Balaban J connectivity index is 2.58. The number of aromatic carboxylic acids is 1. The average Bonchev–Trinajstić information content (AvgIpc) is 2.74. The Kier molecular flexibility index (Phi) is 4.47.